The maximum atomic E-state index is 5.69. The van der Waals surface area contributed by atoms with E-state index in [4.69, 9.17) is 10.6 Å². The molecule has 0 spiro atoms. The summed E-state index contributed by atoms with van der Waals surface area (Å²) in [6, 6.07) is 8.20. The van der Waals surface area contributed by atoms with E-state index in [1.54, 1.807) is 18.6 Å². The first kappa shape index (κ1) is 13.0. The molecule has 2 unspecified atom stereocenters. The van der Waals surface area contributed by atoms with E-state index < -0.39 is 0 Å². The molecule has 5 heteroatoms. The third kappa shape index (κ3) is 2.64. The van der Waals surface area contributed by atoms with Gasteiger partial charge in [-0.1, -0.05) is 18.2 Å². The number of hydrogen-bond donors (Lipinski definition) is 2. The second-order valence-corrected chi connectivity index (χ2v) is 4.96. The van der Waals surface area contributed by atoms with Crippen molar-refractivity contribution in [2.24, 2.45) is 5.84 Å². The summed E-state index contributed by atoms with van der Waals surface area (Å²) in [7, 11) is 0. The number of hydrogen-bond acceptors (Lipinski definition) is 5. The number of benzene rings is 1. The Morgan fingerprint density at radius 3 is 3.05 bits per heavy atom. The van der Waals surface area contributed by atoms with E-state index in [0.29, 0.717) is 5.92 Å². The predicted octanol–water partition coefficient (Wildman–Crippen LogP) is 1.94. The van der Waals surface area contributed by atoms with Crippen molar-refractivity contribution < 1.29 is 4.74 Å². The zero-order chi connectivity index (χ0) is 13.8. The molecule has 0 fully saturated rings. The third-order valence-electron chi connectivity index (χ3n) is 3.74. The predicted molar refractivity (Wildman–Crippen MR) is 76.0 cm³/mol. The van der Waals surface area contributed by atoms with E-state index >= 15 is 0 Å². The molecule has 20 heavy (non-hydrogen) atoms. The highest BCUT2D eigenvalue weighted by Gasteiger charge is 2.25. The van der Waals surface area contributed by atoms with E-state index in [-0.39, 0.29) is 6.04 Å². The van der Waals surface area contributed by atoms with Crippen molar-refractivity contribution in [3.8, 4) is 5.75 Å². The van der Waals surface area contributed by atoms with Crippen LogP contribution in [0.2, 0.25) is 0 Å². The molecule has 3 N–H and O–H groups in total. The van der Waals surface area contributed by atoms with Gasteiger partial charge in [0.2, 0.25) is 0 Å². The van der Waals surface area contributed by atoms with Crippen LogP contribution < -0.4 is 16.0 Å². The molecule has 3 rings (SSSR count). The Kier molecular flexibility index (Phi) is 3.90. The van der Waals surface area contributed by atoms with Crippen LogP contribution >= 0.6 is 0 Å². The summed E-state index contributed by atoms with van der Waals surface area (Å²) in [6.45, 7) is 0.749. The highest BCUT2D eigenvalue weighted by molar-refractivity contribution is 5.38. The van der Waals surface area contributed by atoms with Crippen molar-refractivity contribution in [3.05, 3.63) is 54.1 Å². The summed E-state index contributed by atoms with van der Waals surface area (Å²) >= 11 is 0. The monoisotopic (exact) mass is 270 g/mol. The molecule has 0 bridgehead atoms. The quantitative estimate of drug-likeness (QED) is 0.656. The number of para-hydroxylation sites is 1. The molecule has 1 aromatic carbocycles. The van der Waals surface area contributed by atoms with Gasteiger partial charge in [0.05, 0.1) is 24.5 Å². The molecule has 0 aliphatic carbocycles. The van der Waals surface area contributed by atoms with Crippen molar-refractivity contribution in [3.63, 3.8) is 0 Å². The van der Waals surface area contributed by atoms with Crippen LogP contribution in [0.5, 0.6) is 5.75 Å². The minimum absolute atomic E-state index is 0.000133. The minimum atomic E-state index is -0.000133. The standard InChI is InChI=1S/C15H18N4O/c16-19-13(14-10-17-6-7-18-14)9-11-5-8-20-15-4-2-1-3-12(11)15/h1-4,6-7,10-11,13,19H,5,8-9,16H2. The number of hydrazine groups is 1. The van der Waals surface area contributed by atoms with Gasteiger partial charge in [0.25, 0.3) is 0 Å². The fourth-order valence-corrected chi connectivity index (χ4v) is 2.71. The van der Waals surface area contributed by atoms with Crippen LogP contribution in [0.3, 0.4) is 0 Å². The van der Waals surface area contributed by atoms with Crippen LogP contribution in [0.4, 0.5) is 0 Å². The van der Waals surface area contributed by atoms with Gasteiger partial charge >= 0.3 is 0 Å². The largest absolute Gasteiger partial charge is 0.493 e. The van der Waals surface area contributed by atoms with Crippen molar-refractivity contribution in [2.75, 3.05) is 6.61 Å². The lowest BCUT2D eigenvalue weighted by molar-refractivity contribution is 0.254. The number of nitrogens with two attached hydrogens (primary N) is 1. The highest BCUT2D eigenvalue weighted by atomic mass is 16.5. The number of nitrogens with zero attached hydrogens (tertiary/aromatic N) is 2. The van der Waals surface area contributed by atoms with Crippen molar-refractivity contribution in [1.82, 2.24) is 15.4 Å². The molecule has 104 valence electrons. The van der Waals surface area contributed by atoms with Crippen molar-refractivity contribution >= 4 is 0 Å². The molecular formula is C15H18N4O. The smallest absolute Gasteiger partial charge is 0.122 e. The molecule has 0 saturated heterocycles. The normalized spacial score (nSPS) is 18.9. The SMILES string of the molecule is NNC(CC1CCOc2ccccc21)c1cnccn1. The Morgan fingerprint density at radius 2 is 2.25 bits per heavy atom. The molecule has 1 aliphatic rings. The van der Waals surface area contributed by atoms with Crippen LogP contribution in [0.1, 0.15) is 36.1 Å². The number of ether oxygens (including phenoxy) is 1. The lowest BCUT2D eigenvalue weighted by atomic mass is 9.87. The molecule has 2 aromatic rings. The minimum Gasteiger partial charge on any atom is -0.493 e. The van der Waals surface area contributed by atoms with Crippen molar-refractivity contribution in [1.29, 1.82) is 0 Å². The van der Waals surface area contributed by atoms with E-state index in [1.165, 1.54) is 5.56 Å². The van der Waals surface area contributed by atoms with Crippen LogP contribution in [0.25, 0.3) is 0 Å². The van der Waals surface area contributed by atoms with Gasteiger partial charge < -0.3 is 4.74 Å². The van der Waals surface area contributed by atoms with Gasteiger partial charge in [-0.2, -0.15) is 0 Å². The second-order valence-electron chi connectivity index (χ2n) is 4.96. The lowest BCUT2D eigenvalue weighted by Crippen LogP contribution is -2.31. The second kappa shape index (κ2) is 5.98. The number of nitrogens with one attached hydrogen (secondary N) is 1. The highest BCUT2D eigenvalue weighted by Crippen LogP contribution is 2.38. The summed E-state index contributed by atoms with van der Waals surface area (Å²) in [5, 5.41) is 0. The third-order valence-corrected chi connectivity index (χ3v) is 3.74. The van der Waals surface area contributed by atoms with Gasteiger partial charge in [-0.15, -0.1) is 0 Å². The number of aromatic nitrogens is 2. The van der Waals surface area contributed by atoms with Gasteiger partial charge in [-0.25, -0.2) is 0 Å². The molecule has 0 saturated carbocycles. The Morgan fingerprint density at radius 1 is 1.35 bits per heavy atom. The van der Waals surface area contributed by atoms with Crippen molar-refractivity contribution in [2.45, 2.75) is 24.8 Å². The Balaban J connectivity index is 1.81. The summed E-state index contributed by atoms with van der Waals surface area (Å²) in [5.41, 5.74) is 4.98. The van der Waals surface area contributed by atoms with Gasteiger partial charge in [-0.05, 0) is 30.4 Å². The van der Waals surface area contributed by atoms with E-state index in [1.807, 2.05) is 18.2 Å². The Labute approximate surface area is 118 Å². The average Bonchev–Trinajstić information content (AvgIpc) is 2.53. The fraction of sp³-hybridized carbons (Fsp3) is 0.333. The first-order valence-corrected chi connectivity index (χ1v) is 6.82. The molecule has 1 aromatic heterocycles. The Hall–Kier alpha value is -1.98. The summed E-state index contributed by atoms with van der Waals surface area (Å²) < 4.78 is 5.69. The van der Waals surface area contributed by atoms with Crippen LogP contribution in [0, 0.1) is 0 Å². The van der Waals surface area contributed by atoms with Crippen LogP contribution in [0.15, 0.2) is 42.9 Å². The molecule has 2 heterocycles. The van der Waals surface area contributed by atoms with Crippen LogP contribution in [-0.4, -0.2) is 16.6 Å². The zero-order valence-electron chi connectivity index (χ0n) is 11.2. The van der Waals surface area contributed by atoms with E-state index in [0.717, 1.165) is 30.9 Å². The topological polar surface area (TPSA) is 73.1 Å². The summed E-state index contributed by atoms with van der Waals surface area (Å²) in [4.78, 5) is 8.44. The average molecular weight is 270 g/mol. The molecule has 0 amide bonds. The molecule has 0 radical (unpaired) electrons. The first-order chi connectivity index (χ1) is 9.88. The summed E-state index contributed by atoms with van der Waals surface area (Å²) in [6.07, 6.45) is 7.00. The molecule has 1 aliphatic heterocycles. The molecular weight excluding hydrogens is 252 g/mol. The van der Waals surface area contributed by atoms with Crippen LogP contribution in [-0.2, 0) is 0 Å². The molecule has 5 nitrogen and oxygen atoms in total. The Bertz CT molecular complexity index is 561. The molecule has 2 atom stereocenters. The number of fused-ring (bicyclic) bond motifs is 1. The first-order valence-electron chi connectivity index (χ1n) is 6.82. The van der Waals surface area contributed by atoms with Gasteiger partial charge in [0.15, 0.2) is 0 Å². The lowest BCUT2D eigenvalue weighted by Gasteiger charge is -2.28. The zero-order valence-corrected chi connectivity index (χ0v) is 11.2. The maximum absolute atomic E-state index is 5.69. The van der Waals surface area contributed by atoms with E-state index in [9.17, 15) is 0 Å². The maximum Gasteiger partial charge on any atom is 0.122 e. The van der Waals surface area contributed by atoms with Gasteiger partial charge in [0.1, 0.15) is 5.75 Å². The fourth-order valence-electron chi connectivity index (χ4n) is 2.71. The number of rotatable bonds is 4. The van der Waals surface area contributed by atoms with E-state index in [2.05, 4.69) is 21.5 Å². The summed E-state index contributed by atoms with van der Waals surface area (Å²) in [5.74, 6) is 7.10. The van der Waals surface area contributed by atoms with Gasteiger partial charge in [-0.3, -0.25) is 21.2 Å². The van der Waals surface area contributed by atoms with Gasteiger partial charge in [0, 0.05) is 12.4 Å².